The maximum Gasteiger partial charge on any atom is 0.275 e. The van der Waals surface area contributed by atoms with Crippen LogP contribution in [0.2, 0.25) is 0 Å². The normalized spacial score (nSPS) is 13.3. The number of hydrogen-bond donors (Lipinski definition) is 2. The summed E-state index contributed by atoms with van der Waals surface area (Å²) in [6.45, 7) is 1.61. The summed E-state index contributed by atoms with van der Waals surface area (Å²) in [5.74, 6) is 0.0315. The molecule has 160 valence electrons. The predicted molar refractivity (Wildman–Crippen MR) is 129 cm³/mol. The maximum atomic E-state index is 12.5. The monoisotopic (exact) mass is 463 g/mol. The van der Waals surface area contributed by atoms with Crippen LogP contribution in [0.3, 0.4) is 0 Å². The van der Waals surface area contributed by atoms with Gasteiger partial charge in [-0.1, -0.05) is 30.3 Å². The van der Waals surface area contributed by atoms with Gasteiger partial charge in [0.2, 0.25) is 0 Å². The molecule has 9 heteroatoms. The minimum atomic E-state index is -0.431. The van der Waals surface area contributed by atoms with Crippen molar-refractivity contribution in [1.29, 1.82) is 0 Å². The third kappa shape index (κ3) is 3.70. The molecule has 2 aromatic carbocycles. The largest absolute Gasteiger partial charge is 0.399 e. The van der Waals surface area contributed by atoms with Crippen LogP contribution in [0.25, 0.3) is 32.7 Å². The quantitative estimate of drug-likeness (QED) is 0.337. The first-order chi connectivity index (χ1) is 15.0. The fourth-order valence-electron chi connectivity index (χ4n) is 3.41. The second-order valence-electron chi connectivity index (χ2n) is 7.13. The van der Waals surface area contributed by atoms with Crippen molar-refractivity contribution in [3.05, 3.63) is 71.6 Å². The van der Waals surface area contributed by atoms with Crippen LogP contribution in [0.15, 0.2) is 71.6 Å². The van der Waals surface area contributed by atoms with Gasteiger partial charge in [0.05, 0.1) is 5.39 Å². The van der Waals surface area contributed by atoms with E-state index in [1.54, 1.807) is 19.1 Å². The van der Waals surface area contributed by atoms with Gasteiger partial charge in [-0.15, -0.1) is 23.7 Å². The van der Waals surface area contributed by atoms with Crippen LogP contribution in [0.1, 0.15) is 6.92 Å². The molecule has 3 N–H and O–H groups in total. The van der Waals surface area contributed by atoms with Crippen LogP contribution < -0.4 is 11.2 Å². The van der Waals surface area contributed by atoms with Gasteiger partial charge in [-0.3, -0.25) is 15.0 Å². The van der Waals surface area contributed by atoms with Crippen molar-refractivity contribution in [3.8, 4) is 22.5 Å². The van der Waals surface area contributed by atoms with Crippen molar-refractivity contribution in [2.24, 2.45) is 0 Å². The summed E-state index contributed by atoms with van der Waals surface area (Å²) < 4.78 is 0. The van der Waals surface area contributed by atoms with Crippen LogP contribution >= 0.6 is 23.7 Å². The van der Waals surface area contributed by atoms with E-state index in [-0.39, 0.29) is 12.4 Å². The number of fused-ring (bicyclic) bond motifs is 1. The summed E-state index contributed by atoms with van der Waals surface area (Å²) in [7, 11) is 0. The number of nitrogens with one attached hydrogen (secondary N) is 1. The van der Waals surface area contributed by atoms with Gasteiger partial charge < -0.3 is 5.73 Å². The van der Waals surface area contributed by atoms with Gasteiger partial charge in [-0.25, -0.2) is 9.97 Å². The predicted octanol–water partition coefficient (Wildman–Crippen LogP) is 4.67. The Labute approximate surface area is 194 Å². The number of rotatable bonds is 4. The maximum absolute atomic E-state index is 12.5. The van der Waals surface area contributed by atoms with E-state index in [1.165, 1.54) is 17.4 Å². The van der Waals surface area contributed by atoms with Gasteiger partial charge in [0.25, 0.3) is 11.8 Å². The summed E-state index contributed by atoms with van der Waals surface area (Å²) >= 11 is 1.48. The summed E-state index contributed by atoms with van der Waals surface area (Å²) in [4.78, 5) is 35.0. The molecular weight excluding hydrogens is 446 g/mol. The molecule has 3 heterocycles. The fraction of sp³-hybridized carbons (Fsp3) is 0.0435. The minimum Gasteiger partial charge on any atom is -0.399 e. The highest BCUT2D eigenvalue weighted by molar-refractivity contribution is 7.17. The molecule has 0 fully saturated rings. The Morgan fingerprint density at radius 3 is 2.34 bits per heavy atom. The first-order valence-electron chi connectivity index (χ1n) is 9.55. The number of benzene rings is 2. The molecule has 0 unspecified atom stereocenters. The second-order valence-corrected chi connectivity index (χ2v) is 7.99. The van der Waals surface area contributed by atoms with E-state index in [9.17, 15) is 9.59 Å². The van der Waals surface area contributed by atoms with E-state index < -0.39 is 11.8 Å². The Morgan fingerprint density at radius 2 is 1.69 bits per heavy atom. The highest BCUT2D eigenvalue weighted by Crippen LogP contribution is 2.38. The summed E-state index contributed by atoms with van der Waals surface area (Å²) in [5, 5.41) is 3.74. The molecule has 0 saturated carbocycles. The molecule has 0 atom stereocenters. The SMILES string of the molecule is CC1=CC(=O)N(Nc2nc(-c3ccc(N)cc3)nc3scc(-c4ccccc4)c23)C1=O.Cl. The number of hydrazine groups is 1. The van der Waals surface area contributed by atoms with Crippen LogP contribution in [0, 0.1) is 0 Å². The number of anilines is 2. The van der Waals surface area contributed by atoms with Gasteiger partial charge in [-0.2, -0.15) is 5.01 Å². The number of aromatic nitrogens is 2. The third-order valence-electron chi connectivity index (χ3n) is 5.01. The van der Waals surface area contributed by atoms with Crippen molar-refractivity contribution in [1.82, 2.24) is 15.0 Å². The van der Waals surface area contributed by atoms with Crippen LogP contribution in [-0.2, 0) is 9.59 Å². The summed E-state index contributed by atoms with van der Waals surface area (Å²) in [6.07, 6.45) is 1.31. The van der Waals surface area contributed by atoms with Crippen LogP contribution in [0.5, 0.6) is 0 Å². The van der Waals surface area contributed by atoms with E-state index in [1.807, 2.05) is 47.8 Å². The number of carbonyl (C=O) groups excluding carboxylic acids is 2. The first-order valence-corrected chi connectivity index (χ1v) is 10.4. The molecule has 1 aliphatic rings. The lowest BCUT2D eigenvalue weighted by Crippen LogP contribution is -2.36. The van der Waals surface area contributed by atoms with Crippen LogP contribution in [0.4, 0.5) is 11.5 Å². The average molecular weight is 464 g/mol. The van der Waals surface area contributed by atoms with E-state index in [4.69, 9.17) is 15.7 Å². The van der Waals surface area contributed by atoms with Crippen LogP contribution in [-0.4, -0.2) is 26.8 Å². The number of hydrogen-bond acceptors (Lipinski definition) is 7. The first kappa shape index (κ1) is 21.5. The minimum absolute atomic E-state index is 0. The Kier molecular flexibility index (Phi) is 5.65. The molecule has 1 aliphatic heterocycles. The zero-order valence-electron chi connectivity index (χ0n) is 16.9. The van der Waals surface area contributed by atoms with E-state index in [2.05, 4.69) is 5.43 Å². The number of nitrogens with zero attached hydrogens (tertiary/aromatic N) is 3. The fourth-order valence-corrected chi connectivity index (χ4v) is 4.36. The van der Waals surface area contributed by atoms with Gasteiger partial charge in [0.1, 0.15) is 4.83 Å². The van der Waals surface area contributed by atoms with Crippen molar-refractivity contribution >= 4 is 57.3 Å². The van der Waals surface area contributed by atoms with E-state index in [0.29, 0.717) is 22.9 Å². The summed E-state index contributed by atoms with van der Waals surface area (Å²) in [5.41, 5.74) is 12.5. The molecule has 5 rings (SSSR count). The Balaban J connectivity index is 0.00000245. The lowest BCUT2D eigenvalue weighted by atomic mass is 10.1. The summed E-state index contributed by atoms with van der Waals surface area (Å²) in [6, 6.07) is 17.1. The molecule has 2 amide bonds. The van der Waals surface area contributed by atoms with Gasteiger partial charge in [0.15, 0.2) is 11.6 Å². The molecule has 0 aliphatic carbocycles. The smallest absolute Gasteiger partial charge is 0.275 e. The Bertz CT molecular complexity index is 1370. The number of imide groups is 1. The Hall–Kier alpha value is -3.75. The standard InChI is InChI=1S/C23H17N5O2S.ClH/c1-13-11-18(29)28(23(13)30)27-21-19-17(14-5-3-2-4-6-14)12-31-22(19)26-20(25-21)15-7-9-16(24)10-8-15;/h2-12H,24H2,1H3,(H,25,26,27);1H. The number of halogens is 1. The number of nitrogen functional groups attached to an aromatic ring is 1. The van der Waals surface area contributed by atoms with Crippen molar-refractivity contribution in [3.63, 3.8) is 0 Å². The zero-order chi connectivity index (χ0) is 21.5. The van der Waals surface area contributed by atoms with Gasteiger partial charge >= 0.3 is 0 Å². The number of thiophene rings is 1. The van der Waals surface area contributed by atoms with Crippen molar-refractivity contribution < 1.29 is 9.59 Å². The van der Waals surface area contributed by atoms with E-state index >= 15 is 0 Å². The average Bonchev–Trinajstić information content (AvgIpc) is 3.31. The lowest BCUT2D eigenvalue weighted by molar-refractivity contribution is -0.135. The number of nitrogens with two attached hydrogens (primary N) is 1. The second kappa shape index (κ2) is 8.41. The Morgan fingerprint density at radius 1 is 0.969 bits per heavy atom. The molecule has 4 aromatic rings. The van der Waals surface area contributed by atoms with Gasteiger partial charge in [0, 0.05) is 33.8 Å². The molecule has 0 radical (unpaired) electrons. The van der Waals surface area contributed by atoms with Crippen molar-refractivity contribution in [2.45, 2.75) is 6.92 Å². The number of carbonyl (C=O) groups is 2. The number of amides is 2. The third-order valence-corrected chi connectivity index (χ3v) is 5.88. The molecule has 7 nitrogen and oxygen atoms in total. The zero-order valence-corrected chi connectivity index (χ0v) is 18.5. The lowest BCUT2D eigenvalue weighted by Gasteiger charge is -2.18. The molecular formula is C23H18ClN5O2S. The molecule has 32 heavy (non-hydrogen) atoms. The topological polar surface area (TPSA) is 101 Å². The molecule has 0 bridgehead atoms. The van der Waals surface area contributed by atoms with E-state index in [0.717, 1.165) is 31.9 Å². The molecule has 0 spiro atoms. The molecule has 2 aromatic heterocycles. The highest BCUT2D eigenvalue weighted by atomic mass is 35.5. The van der Waals surface area contributed by atoms with Crippen molar-refractivity contribution in [2.75, 3.05) is 11.2 Å². The van der Waals surface area contributed by atoms with Gasteiger partial charge in [-0.05, 0) is 36.8 Å². The highest BCUT2D eigenvalue weighted by Gasteiger charge is 2.30. The molecule has 0 saturated heterocycles.